The van der Waals surface area contributed by atoms with E-state index in [1.807, 2.05) is 6.08 Å². The summed E-state index contributed by atoms with van der Waals surface area (Å²) in [6.07, 6.45) is 1.78. The zero-order valence-electron chi connectivity index (χ0n) is 8.94. The Hall–Kier alpha value is -1.55. The smallest absolute Gasteiger partial charge is 0.165 e. The molecule has 1 aliphatic rings. The first-order chi connectivity index (χ1) is 7.72. The summed E-state index contributed by atoms with van der Waals surface area (Å²) < 4.78 is 23.3. The van der Waals surface area contributed by atoms with Crippen molar-refractivity contribution in [2.75, 3.05) is 13.7 Å². The van der Waals surface area contributed by atoms with E-state index >= 15 is 0 Å². The molecule has 1 N–H and O–H groups in total. The van der Waals surface area contributed by atoms with Gasteiger partial charge in [0.2, 0.25) is 0 Å². The summed E-state index contributed by atoms with van der Waals surface area (Å²) in [6.45, 7) is 0.588. The molecule has 0 fully saturated rings. The van der Waals surface area contributed by atoms with Crippen LogP contribution in [0.3, 0.4) is 0 Å². The molecule has 4 heteroatoms. The van der Waals surface area contributed by atoms with Crippen LogP contribution in [0.4, 0.5) is 4.39 Å². The molecule has 1 heterocycles. The minimum atomic E-state index is -0.850. The Morgan fingerprint density at radius 1 is 1.50 bits per heavy atom. The van der Waals surface area contributed by atoms with Crippen LogP contribution < -0.4 is 4.74 Å². The molecule has 0 radical (unpaired) electrons. The molecule has 16 heavy (non-hydrogen) atoms. The molecule has 0 saturated heterocycles. The van der Waals surface area contributed by atoms with E-state index in [1.165, 1.54) is 25.3 Å². The van der Waals surface area contributed by atoms with Gasteiger partial charge < -0.3 is 14.6 Å². The van der Waals surface area contributed by atoms with Crippen LogP contribution in [0, 0.1) is 5.82 Å². The molecule has 1 aromatic rings. The molecule has 0 amide bonds. The highest BCUT2D eigenvalue weighted by Gasteiger charge is 2.19. The average molecular weight is 224 g/mol. The van der Waals surface area contributed by atoms with Crippen molar-refractivity contribution in [3.63, 3.8) is 0 Å². The first kappa shape index (κ1) is 11.0. The Bertz CT molecular complexity index is 415. The minimum absolute atomic E-state index is 0.121. The second-order valence-electron chi connectivity index (χ2n) is 3.54. The third-order valence-electron chi connectivity index (χ3n) is 2.49. The first-order valence-electron chi connectivity index (χ1n) is 5.06. The van der Waals surface area contributed by atoms with Crippen molar-refractivity contribution in [3.05, 3.63) is 41.4 Å². The molecule has 1 unspecified atom stereocenters. The normalized spacial score (nSPS) is 16.6. The van der Waals surface area contributed by atoms with Crippen molar-refractivity contribution < 1.29 is 19.0 Å². The lowest BCUT2D eigenvalue weighted by atomic mass is 10.1. The predicted molar refractivity (Wildman–Crippen MR) is 56.6 cm³/mol. The average Bonchev–Trinajstić information content (AvgIpc) is 2.82. The van der Waals surface area contributed by atoms with E-state index in [2.05, 4.69) is 0 Å². The molecule has 2 rings (SSSR count). The van der Waals surface area contributed by atoms with E-state index in [-0.39, 0.29) is 5.75 Å². The number of aliphatic hydroxyl groups excluding tert-OH is 1. The number of aliphatic hydroxyl groups is 1. The second kappa shape index (κ2) is 4.53. The van der Waals surface area contributed by atoms with E-state index < -0.39 is 11.9 Å². The lowest BCUT2D eigenvalue weighted by Gasteiger charge is -2.13. The monoisotopic (exact) mass is 224 g/mol. The fourth-order valence-electron chi connectivity index (χ4n) is 1.64. The van der Waals surface area contributed by atoms with Gasteiger partial charge in [-0.3, -0.25) is 0 Å². The SMILES string of the molecule is COc1cc(C(O)C2=CCCO2)ccc1F. The van der Waals surface area contributed by atoms with E-state index in [0.717, 1.165) is 6.42 Å². The molecular weight excluding hydrogens is 211 g/mol. The molecular formula is C12H13FO3. The number of halogens is 1. The van der Waals surface area contributed by atoms with Gasteiger partial charge >= 0.3 is 0 Å². The second-order valence-corrected chi connectivity index (χ2v) is 3.54. The van der Waals surface area contributed by atoms with Gasteiger partial charge in [0.25, 0.3) is 0 Å². The van der Waals surface area contributed by atoms with Crippen LogP contribution in [0.15, 0.2) is 30.0 Å². The maximum absolute atomic E-state index is 13.2. The quantitative estimate of drug-likeness (QED) is 0.855. The molecule has 0 spiro atoms. The standard InChI is InChI=1S/C12H13FO3/c1-15-11-7-8(4-5-9(11)13)12(14)10-3-2-6-16-10/h3-5,7,12,14H,2,6H2,1H3. The van der Waals surface area contributed by atoms with Gasteiger partial charge in [-0.25, -0.2) is 4.39 Å². The summed E-state index contributed by atoms with van der Waals surface area (Å²) in [5.41, 5.74) is 0.561. The molecule has 0 bridgehead atoms. The number of rotatable bonds is 3. The zero-order valence-corrected chi connectivity index (χ0v) is 8.94. The van der Waals surface area contributed by atoms with Crippen LogP contribution in [0.2, 0.25) is 0 Å². The van der Waals surface area contributed by atoms with Crippen molar-refractivity contribution in [1.82, 2.24) is 0 Å². The van der Waals surface area contributed by atoms with Gasteiger partial charge in [0, 0.05) is 6.42 Å². The number of methoxy groups -OCH3 is 1. The van der Waals surface area contributed by atoms with Crippen LogP contribution in [-0.2, 0) is 4.74 Å². The molecule has 1 atom stereocenters. The van der Waals surface area contributed by atoms with E-state index in [4.69, 9.17) is 9.47 Å². The molecule has 3 nitrogen and oxygen atoms in total. The highest BCUT2D eigenvalue weighted by atomic mass is 19.1. The maximum atomic E-state index is 13.2. The Morgan fingerprint density at radius 3 is 2.94 bits per heavy atom. The van der Waals surface area contributed by atoms with Crippen molar-refractivity contribution in [1.29, 1.82) is 0 Å². The third-order valence-corrected chi connectivity index (χ3v) is 2.49. The largest absolute Gasteiger partial charge is 0.495 e. The third kappa shape index (κ3) is 2.02. The van der Waals surface area contributed by atoms with E-state index in [9.17, 15) is 9.50 Å². The number of ether oxygens (including phenoxy) is 2. The van der Waals surface area contributed by atoms with Crippen molar-refractivity contribution in [2.24, 2.45) is 0 Å². The summed E-state index contributed by atoms with van der Waals surface area (Å²) in [6, 6.07) is 4.26. The first-order valence-corrected chi connectivity index (χ1v) is 5.06. The van der Waals surface area contributed by atoms with E-state index in [0.29, 0.717) is 17.9 Å². The van der Waals surface area contributed by atoms with Gasteiger partial charge in [0.05, 0.1) is 13.7 Å². The van der Waals surface area contributed by atoms with Crippen LogP contribution in [0.5, 0.6) is 5.75 Å². The summed E-state index contributed by atoms with van der Waals surface area (Å²) in [4.78, 5) is 0. The molecule has 0 aliphatic carbocycles. The molecule has 1 aromatic carbocycles. The van der Waals surface area contributed by atoms with Crippen LogP contribution in [0.1, 0.15) is 18.1 Å². The molecule has 1 aliphatic heterocycles. The highest BCUT2D eigenvalue weighted by Crippen LogP contribution is 2.29. The highest BCUT2D eigenvalue weighted by molar-refractivity contribution is 5.34. The Balaban J connectivity index is 2.26. The lowest BCUT2D eigenvalue weighted by Crippen LogP contribution is -2.03. The van der Waals surface area contributed by atoms with Crippen molar-refractivity contribution >= 4 is 0 Å². The molecule has 0 saturated carbocycles. The zero-order chi connectivity index (χ0) is 11.5. The topological polar surface area (TPSA) is 38.7 Å². The summed E-state index contributed by atoms with van der Waals surface area (Å²) in [5.74, 6) is 0.198. The van der Waals surface area contributed by atoms with Gasteiger partial charge in [-0.1, -0.05) is 6.07 Å². The number of benzene rings is 1. The fraction of sp³-hybridized carbons (Fsp3) is 0.333. The van der Waals surface area contributed by atoms with Crippen molar-refractivity contribution in [3.8, 4) is 5.75 Å². The van der Waals surface area contributed by atoms with Gasteiger partial charge in [0.15, 0.2) is 11.6 Å². The molecule has 86 valence electrons. The van der Waals surface area contributed by atoms with Gasteiger partial charge in [-0.2, -0.15) is 0 Å². The molecule has 0 aromatic heterocycles. The summed E-state index contributed by atoms with van der Waals surface area (Å²) >= 11 is 0. The van der Waals surface area contributed by atoms with Gasteiger partial charge in [0.1, 0.15) is 11.9 Å². The predicted octanol–water partition coefficient (Wildman–Crippen LogP) is 2.17. The fourth-order valence-corrected chi connectivity index (χ4v) is 1.64. The number of hydrogen-bond donors (Lipinski definition) is 1. The van der Waals surface area contributed by atoms with Crippen molar-refractivity contribution in [2.45, 2.75) is 12.5 Å². The van der Waals surface area contributed by atoms with Crippen LogP contribution >= 0.6 is 0 Å². The summed E-state index contributed by atoms with van der Waals surface area (Å²) in [5, 5.41) is 9.96. The van der Waals surface area contributed by atoms with Gasteiger partial charge in [-0.05, 0) is 23.8 Å². The Morgan fingerprint density at radius 2 is 2.31 bits per heavy atom. The number of hydrogen-bond acceptors (Lipinski definition) is 3. The summed E-state index contributed by atoms with van der Waals surface area (Å²) in [7, 11) is 1.39. The van der Waals surface area contributed by atoms with Crippen LogP contribution in [0.25, 0.3) is 0 Å². The van der Waals surface area contributed by atoms with Crippen LogP contribution in [-0.4, -0.2) is 18.8 Å². The maximum Gasteiger partial charge on any atom is 0.165 e. The Kier molecular flexibility index (Phi) is 3.10. The lowest BCUT2D eigenvalue weighted by molar-refractivity contribution is 0.118. The minimum Gasteiger partial charge on any atom is -0.495 e. The Labute approximate surface area is 93.1 Å². The van der Waals surface area contributed by atoms with E-state index in [1.54, 1.807) is 0 Å². The van der Waals surface area contributed by atoms with Gasteiger partial charge in [-0.15, -0.1) is 0 Å².